The Morgan fingerprint density at radius 3 is 2.57 bits per heavy atom. The van der Waals surface area contributed by atoms with Crippen LogP contribution in [0.4, 0.5) is 0 Å². The second kappa shape index (κ2) is 7.81. The summed E-state index contributed by atoms with van der Waals surface area (Å²) in [5.41, 5.74) is 1.38. The molecule has 2 rings (SSSR count). The van der Waals surface area contributed by atoms with Gasteiger partial charge in [0.05, 0.1) is 7.11 Å². The standard InChI is InChI=1S/C18H30N2O/c1-14(2)11-19-12-16-9-10-20(13-16)15(3)17-5-7-18(21-4)8-6-17/h5-8,14-16,19H,9-13H2,1-4H3. The molecule has 0 radical (unpaired) electrons. The molecular weight excluding hydrogens is 260 g/mol. The van der Waals surface area contributed by atoms with Crippen molar-refractivity contribution < 1.29 is 4.74 Å². The van der Waals surface area contributed by atoms with Gasteiger partial charge in [-0.15, -0.1) is 0 Å². The van der Waals surface area contributed by atoms with Crippen molar-refractivity contribution in [1.29, 1.82) is 0 Å². The minimum atomic E-state index is 0.492. The molecule has 1 saturated heterocycles. The first kappa shape index (κ1) is 16.3. The summed E-state index contributed by atoms with van der Waals surface area (Å²) in [6, 6.07) is 8.99. The van der Waals surface area contributed by atoms with E-state index in [1.165, 1.54) is 25.1 Å². The van der Waals surface area contributed by atoms with Gasteiger partial charge in [-0.3, -0.25) is 4.90 Å². The van der Waals surface area contributed by atoms with Crippen molar-refractivity contribution in [1.82, 2.24) is 10.2 Å². The maximum atomic E-state index is 5.23. The van der Waals surface area contributed by atoms with Crippen molar-refractivity contribution >= 4 is 0 Å². The molecule has 0 spiro atoms. The number of nitrogens with one attached hydrogen (secondary N) is 1. The highest BCUT2D eigenvalue weighted by Gasteiger charge is 2.26. The van der Waals surface area contributed by atoms with E-state index in [1.54, 1.807) is 7.11 Å². The van der Waals surface area contributed by atoms with E-state index in [4.69, 9.17) is 4.74 Å². The molecule has 3 nitrogen and oxygen atoms in total. The van der Waals surface area contributed by atoms with Crippen molar-refractivity contribution in [3.8, 4) is 5.75 Å². The summed E-state index contributed by atoms with van der Waals surface area (Å²) in [7, 11) is 1.72. The molecule has 0 saturated carbocycles. The second-order valence-corrected chi connectivity index (χ2v) is 6.65. The summed E-state index contributed by atoms with van der Waals surface area (Å²) >= 11 is 0. The quantitative estimate of drug-likeness (QED) is 0.833. The molecule has 1 aliphatic rings. The van der Waals surface area contributed by atoms with Crippen LogP contribution in [0.2, 0.25) is 0 Å². The first-order chi connectivity index (χ1) is 10.1. The molecule has 0 aliphatic carbocycles. The van der Waals surface area contributed by atoms with E-state index in [9.17, 15) is 0 Å². The average molecular weight is 290 g/mol. The zero-order valence-electron chi connectivity index (χ0n) is 13.9. The highest BCUT2D eigenvalue weighted by molar-refractivity contribution is 5.29. The fourth-order valence-electron chi connectivity index (χ4n) is 3.05. The molecule has 3 heteroatoms. The molecule has 1 heterocycles. The van der Waals surface area contributed by atoms with Gasteiger partial charge in [-0.25, -0.2) is 0 Å². The summed E-state index contributed by atoms with van der Waals surface area (Å²) in [5.74, 6) is 2.47. The highest BCUT2D eigenvalue weighted by atomic mass is 16.5. The molecule has 1 fully saturated rings. The number of hydrogen-bond donors (Lipinski definition) is 1. The lowest BCUT2D eigenvalue weighted by Gasteiger charge is -2.25. The van der Waals surface area contributed by atoms with E-state index < -0.39 is 0 Å². The molecule has 0 aromatic heterocycles. The molecule has 1 aromatic rings. The van der Waals surface area contributed by atoms with Crippen LogP contribution in [-0.4, -0.2) is 38.2 Å². The summed E-state index contributed by atoms with van der Waals surface area (Å²) < 4.78 is 5.23. The van der Waals surface area contributed by atoms with Crippen molar-refractivity contribution in [3.63, 3.8) is 0 Å². The zero-order chi connectivity index (χ0) is 15.2. The second-order valence-electron chi connectivity index (χ2n) is 6.65. The zero-order valence-corrected chi connectivity index (χ0v) is 13.9. The lowest BCUT2D eigenvalue weighted by atomic mass is 10.1. The van der Waals surface area contributed by atoms with Gasteiger partial charge in [-0.2, -0.15) is 0 Å². The van der Waals surface area contributed by atoms with Gasteiger partial charge in [0.15, 0.2) is 0 Å². The normalized spacial score (nSPS) is 20.9. The lowest BCUT2D eigenvalue weighted by Crippen LogP contribution is -2.29. The number of rotatable bonds is 7. The fraction of sp³-hybridized carbons (Fsp3) is 0.667. The Kier molecular flexibility index (Phi) is 6.07. The van der Waals surface area contributed by atoms with Crippen LogP contribution in [0.5, 0.6) is 5.75 Å². The summed E-state index contributed by atoms with van der Waals surface area (Å²) in [5, 5.41) is 3.60. The number of ether oxygens (including phenoxy) is 1. The molecule has 2 atom stereocenters. The minimum absolute atomic E-state index is 0.492. The Bertz CT molecular complexity index is 416. The number of methoxy groups -OCH3 is 1. The number of benzene rings is 1. The summed E-state index contributed by atoms with van der Waals surface area (Å²) in [6.07, 6.45) is 1.31. The number of likely N-dealkylation sites (tertiary alicyclic amines) is 1. The average Bonchev–Trinajstić information content (AvgIpc) is 2.95. The van der Waals surface area contributed by atoms with Crippen LogP contribution < -0.4 is 10.1 Å². The molecule has 118 valence electrons. The number of nitrogens with zero attached hydrogens (tertiary/aromatic N) is 1. The molecular formula is C18H30N2O. The Morgan fingerprint density at radius 2 is 1.95 bits per heavy atom. The van der Waals surface area contributed by atoms with Gasteiger partial charge >= 0.3 is 0 Å². The van der Waals surface area contributed by atoms with E-state index in [2.05, 4.69) is 55.3 Å². The van der Waals surface area contributed by atoms with Crippen molar-refractivity contribution in [3.05, 3.63) is 29.8 Å². The van der Waals surface area contributed by atoms with Gasteiger partial charge < -0.3 is 10.1 Å². The monoisotopic (exact) mass is 290 g/mol. The van der Waals surface area contributed by atoms with E-state index in [0.29, 0.717) is 6.04 Å². The van der Waals surface area contributed by atoms with Gasteiger partial charge in [0.2, 0.25) is 0 Å². The van der Waals surface area contributed by atoms with Crippen LogP contribution in [0, 0.1) is 11.8 Å². The van der Waals surface area contributed by atoms with Crippen molar-refractivity contribution in [2.45, 2.75) is 33.2 Å². The molecule has 1 aromatic carbocycles. The maximum absolute atomic E-state index is 5.23. The molecule has 1 N–H and O–H groups in total. The summed E-state index contributed by atoms with van der Waals surface area (Å²) in [6.45, 7) is 11.5. The van der Waals surface area contributed by atoms with Gasteiger partial charge in [-0.1, -0.05) is 26.0 Å². The third kappa shape index (κ3) is 4.72. The van der Waals surface area contributed by atoms with Crippen LogP contribution in [0.15, 0.2) is 24.3 Å². The topological polar surface area (TPSA) is 24.5 Å². The van der Waals surface area contributed by atoms with E-state index >= 15 is 0 Å². The predicted octanol–water partition coefficient (Wildman–Crippen LogP) is 3.32. The lowest BCUT2D eigenvalue weighted by molar-refractivity contribution is 0.251. The first-order valence-electron chi connectivity index (χ1n) is 8.19. The van der Waals surface area contributed by atoms with Crippen molar-refractivity contribution in [2.24, 2.45) is 11.8 Å². The largest absolute Gasteiger partial charge is 0.497 e. The van der Waals surface area contributed by atoms with Crippen LogP contribution in [-0.2, 0) is 0 Å². The Labute approximate surface area is 129 Å². The molecule has 1 aliphatic heterocycles. The first-order valence-corrected chi connectivity index (χ1v) is 8.19. The van der Waals surface area contributed by atoms with Crippen LogP contribution in [0.25, 0.3) is 0 Å². The van der Waals surface area contributed by atoms with Crippen LogP contribution in [0.1, 0.15) is 38.8 Å². The molecule has 0 amide bonds. The molecule has 2 unspecified atom stereocenters. The van der Waals surface area contributed by atoms with Crippen LogP contribution in [0.3, 0.4) is 0 Å². The maximum Gasteiger partial charge on any atom is 0.118 e. The van der Waals surface area contributed by atoms with Gasteiger partial charge in [0.25, 0.3) is 0 Å². The SMILES string of the molecule is COc1ccc(C(C)N2CCC(CNCC(C)C)C2)cc1. The Balaban J connectivity index is 1.82. The number of hydrogen-bond acceptors (Lipinski definition) is 3. The van der Waals surface area contributed by atoms with E-state index in [0.717, 1.165) is 30.7 Å². The van der Waals surface area contributed by atoms with Gasteiger partial charge in [0, 0.05) is 12.6 Å². The molecule has 21 heavy (non-hydrogen) atoms. The molecule has 0 bridgehead atoms. The highest BCUT2D eigenvalue weighted by Crippen LogP contribution is 2.28. The van der Waals surface area contributed by atoms with E-state index in [-0.39, 0.29) is 0 Å². The van der Waals surface area contributed by atoms with Crippen LogP contribution >= 0.6 is 0 Å². The van der Waals surface area contributed by atoms with Gasteiger partial charge in [-0.05, 0) is 62.5 Å². The van der Waals surface area contributed by atoms with Gasteiger partial charge in [0.1, 0.15) is 5.75 Å². The summed E-state index contributed by atoms with van der Waals surface area (Å²) in [4.78, 5) is 2.60. The smallest absolute Gasteiger partial charge is 0.118 e. The Morgan fingerprint density at radius 1 is 1.24 bits per heavy atom. The minimum Gasteiger partial charge on any atom is -0.497 e. The predicted molar refractivity (Wildman–Crippen MR) is 88.8 cm³/mol. The van der Waals surface area contributed by atoms with E-state index in [1.807, 2.05) is 0 Å². The third-order valence-corrected chi connectivity index (χ3v) is 4.45. The van der Waals surface area contributed by atoms with Crippen molar-refractivity contribution in [2.75, 3.05) is 33.3 Å². The third-order valence-electron chi connectivity index (χ3n) is 4.45. The fourth-order valence-corrected chi connectivity index (χ4v) is 3.05. The Hall–Kier alpha value is -1.06.